The summed E-state index contributed by atoms with van der Waals surface area (Å²) >= 11 is 7.54. The minimum absolute atomic E-state index is 0.255. The number of nitrogens with one attached hydrogen (secondary N) is 1. The van der Waals surface area contributed by atoms with Gasteiger partial charge in [0.2, 0.25) is 0 Å². The Morgan fingerprint density at radius 1 is 1.20 bits per heavy atom. The highest BCUT2D eigenvalue weighted by Gasteiger charge is 2.13. The summed E-state index contributed by atoms with van der Waals surface area (Å²) in [6, 6.07) is 10.1. The lowest BCUT2D eigenvalue weighted by Gasteiger charge is -2.20. The highest BCUT2D eigenvalue weighted by Crippen LogP contribution is 2.22. The van der Waals surface area contributed by atoms with Crippen LogP contribution in [-0.2, 0) is 0 Å². The number of halogens is 1. The maximum absolute atomic E-state index is 10.1. The van der Waals surface area contributed by atoms with Crippen LogP contribution in [0.4, 0.5) is 0 Å². The number of benzene rings is 1. The van der Waals surface area contributed by atoms with Crippen molar-refractivity contribution < 1.29 is 5.11 Å². The van der Waals surface area contributed by atoms with E-state index in [2.05, 4.69) is 12.2 Å². The average Bonchev–Trinajstić information content (AvgIpc) is 2.98. The zero-order valence-corrected chi connectivity index (χ0v) is 13.1. The lowest BCUT2D eigenvalue weighted by Crippen LogP contribution is -2.26. The summed E-state index contributed by atoms with van der Waals surface area (Å²) in [6.45, 7) is 2.73. The Labute approximate surface area is 129 Å². The lowest BCUT2D eigenvalue weighted by molar-refractivity contribution is 0.169. The lowest BCUT2D eigenvalue weighted by atomic mass is 10.0. The molecular weight excluding hydrogens is 290 g/mol. The van der Waals surface area contributed by atoms with Crippen LogP contribution in [0.3, 0.4) is 0 Å². The Hall–Kier alpha value is -0.870. The zero-order chi connectivity index (χ0) is 14.4. The van der Waals surface area contributed by atoms with Gasteiger partial charge in [0.05, 0.1) is 6.10 Å². The van der Waals surface area contributed by atoms with Gasteiger partial charge >= 0.3 is 0 Å². The highest BCUT2D eigenvalue weighted by molar-refractivity contribution is 7.07. The quantitative estimate of drug-likeness (QED) is 0.785. The van der Waals surface area contributed by atoms with E-state index in [1.165, 1.54) is 5.56 Å². The van der Waals surface area contributed by atoms with E-state index in [1.807, 2.05) is 41.1 Å². The van der Waals surface area contributed by atoms with Gasteiger partial charge < -0.3 is 10.4 Å². The number of hydrogen-bond acceptors (Lipinski definition) is 3. The van der Waals surface area contributed by atoms with Gasteiger partial charge in [0, 0.05) is 17.6 Å². The van der Waals surface area contributed by atoms with Crippen molar-refractivity contribution in [1.29, 1.82) is 0 Å². The molecule has 0 radical (unpaired) electrons. The second-order valence-corrected chi connectivity index (χ2v) is 6.09. The minimum Gasteiger partial charge on any atom is -0.387 e. The van der Waals surface area contributed by atoms with Crippen molar-refractivity contribution in [3.63, 3.8) is 0 Å². The van der Waals surface area contributed by atoms with Crippen LogP contribution in [-0.4, -0.2) is 11.7 Å². The van der Waals surface area contributed by atoms with Crippen molar-refractivity contribution in [1.82, 2.24) is 5.32 Å². The standard InChI is InChI=1S/C16H20ClNOS/c1-2-3-15(12-4-6-14(17)7-5-12)18-10-16(19)13-8-9-20-11-13/h4-9,11,15-16,18-19H,2-3,10H2,1H3. The van der Waals surface area contributed by atoms with Crippen LogP contribution in [0.5, 0.6) is 0 Å². The SMILES string of the molecule is CCCC(NCC(O)c1ccsc1)c1ccc(Cl)cc1. The molecule has 0 aliphatic heterocycles. The summed E-state index contributed by atoms with van der Waals surface area (Å²) in [4.78, 5) is 0. The van der Waals surface area contributed by atoms with Gasteiger partial charge in [0.1, 0.15) is 0 Å². The predicted molar refractivity (Wildman–Crippen MR) is 86.4 cm³/mol. The minimum atomic E-state index is -0.451. The Morgan fingerprint density at radius 3 is 2.55 bits per heavy atom. The third kappa shape index (κ3) is 4.32. The fraction of sp³-hybridized carbons (Fsp3) is 0.375. The van der Waals surface area contributed by atoms with E-state index in [0.29, 0.717) is 6.54 Å². The third-order valence-electron chi connectivity index (χ3n) is 3.34. The van der Waals surface area contributed by atoms with E-state index >= 15 is 0 Å². The average molecular weight is 310 g/mol. The normalized spacial score (nSPS) is 14.2. The second kappa shape index (κ2) is 7.79. The number of hydrogen-bond donors (Lipinski definition) is 2. The summed E-state index contributed by atoms with van der Waals surface area (Å²) < 4.78 is 0. The van der Waals surface area contributed by atoms with Gasteiger partial charge in [-0.3, -0.25) is 0 Å². The molecule has 0 saturated carbocycles. The molecule has 0 spiro atoms. The first-order chi connectivity index (χ1) is 9.70. The first-order valence-corrected chi connectivity index (χ1v) is 8.21. The van der Waals surface area contributed by atoms with Crippen molar-refractivity contribution in [2.24, 2.45) is 0 Å². The molecule has 0 amide bonds. The van der Waals surface area contributed by atoms with E-state index in [4.69, 9.17) is 11.6 Å². The Bertz CT molecular complexity index is 498. The van der Waals surface area contributed by atoms with Crippen LogP contribution in [0, 0.1) is 0 Å². The smallest absolute Gasteiger partial charge is 0.0922 e. The summed E-state index contributed by atoms with van der Waals surface area (Å²) in [7, 11) is 0. The Balaban J connectivity index is 1.97. The molecule has 2 atom stereocenters. The van der Waals surface area contributed by atoms with Crippen molar-refractivity contribution >= 4 is 22.9 Å². The molecule has 20 heavy (non-hydrogen) atoms. The molecule has 2 N–H and O–H groups in total. The van der Waals surface area contributed by atoms with Gasteiger partial charge in [-0.1, -0.05) is 37.1 Å². The Kier molecular flexibility index (Phi) is 6.05. The number of aliphatic hydroxyl groups excluding tert-OH is 1. The van der Waals surface area contributed by atoms with E-state index in [-0.39, 0.29) is 6.04 Å². The molecule has 0 aliphatic rings. The molecule has 2 aromatic rings. The van der Waals surface area contributed by atoms with Crippen molar-refractivity contribution in [3.05, 3.63) is 57.2 Å². The maximum atomic E-state index is 10.1. The summed E-state index contributed by atoms with van der Waals surface area (Å²) in [6.07, 6.45) is 1.68. The van der Waals surface area contributed by atoms with Crippen molar-refractivity contribution in [2.75, 3.05) is 6.54 Å². The van der Waals surface area contributed by atoms with Crippen molar-refractivity contribution in [2.45, 2.75) is 31.9 Å². The molecule has 0 bridgehead atoms. The first kappa shape index (κ1) is 15.5. The van der Waals surface area contributed by atoms with E-state index < -0.39 is 6.10 Å². The summed E-state index contributed by atoms with van der Waals surface area (Å²) in [5, 5.41) is 18.3. The van der Waals surface area contributed by atoms with Crippen LogP contribution >= 0.6 is 22.9 Å². The second-order valence-electron chi connectivity index (χ2n) is 4.87. The zero-order valence-electron chi connectivity index (χ0n) is 11.6. The highest BCUT2D eigenvalue weighted by atomic mass is 35.5. The van der Waals surface area contributed by atoms with Gasteiger partial charge in [0.15, 0.2) is 0 Å². The van der Waals surface area contributed by atoms with Crippen LogP contribution < -0.4 is 5.32 Å². The Morgan fingerprint density at radius 2 is 1.95 bits per heavy atom. The molecule has 1 aromatic carbocycles. The fourth-order valence-electron chi connectivity index (χ4n) is 2.21. The molecule has 4 heteroatoms. The van der Waals surface area contributed by atoms with Gasteiger partial charge in [-0.15, -0.1) is 0 Å². The van der Waals surface area contributed by atoms with Gasteiger partial charge in [-0.2, -0.15) is 11.3 Å². The summed E-state index contributed by atoms with van der Waals surface area (Å²) in [5.41, 5.74) is 2.20. The largest absolute Gasteiger partial charge is 0.387 e. The summed E-state index contributed by atoms with van der Waals surface area (Å²) in [5.74, 6) is 0. The topological polar surface area (TPSA) is 32.3 Å². The molecule has 0 saturated heterocycles. The third-order valence-corrected chi connectivity index (χ3v) is 4.29. The van der Waals surface area contributed by atoms with Gasteiger partial charge in [-0.25, -0.2) is 0 Å². The number of aliphatic hydroxyl groups is 1. The fourth-order valence-corrected chi connectivity index (χ4v) is 3.04. The van der Waals surface area contributed by atoms with Crippen LogP contribution in [0.15, 0.2) is 41.1 Å². The first-order valence-electron chi connectivity index (χ1n) is 6.89. The van der Waals surface area contributed by atoms with Crippen molar-refractivity contribution in [3.8, 4) is 0 Å². The van der Waals surface area contributed by atoms with Gasteiger partial charge in [-0.05, 0) is 46.5 Å². The van der Waals surface area contributed by atoms with Crippen LogP contribution in [0.1, 0.15) is 43.0 Å². The molecule has 0 fully saturated rings. The molecule has 2 unspecified atom stereocenters. The van der Waals surface area contributed by atoms with Gasteiger partial charge in [0.25, 0.3) is 0 Å². The molecule has 1 aromatic heterocycles. The molecule has 2 nitrogen and oxygen atoms in total. The molecule has 1 heterocycles. The molecule has 108 valence electrons. The van der Waals surface area contributed by atoms with Crippen LogP contribution in [0.2, 0.25) is 5.02 Å². The van der Waals surface area contributed by atoms with E-state index in [1.54, 1.807) is 11.3 Å². The molecule has 2 rings (SSSR count). The molecule has 0 aliphatic carbocycles. The number of thiophene rings is 1. The molecular formula is C16H20ClNOS. The maximum Gasteiger partial charge on any atom is 0.0922 e. The predicted octanol–water partition coefficient (Wildman–Crippen LogP) is 4.57. The van der Waals surface area contributed by atoms with Crippen LogP contribution in [0.25, 0.3) is 0 Å². The van der Waals surface area contributed by atoms with E-state index in [9.17, 15) is 5.11 Å². The van der Waals surface area contributed by atoms with E-state index in [0.717, 1.165) is 23.4 Å². The number of rotatable bonds is 7. The monoisotopic (exact) mass is 309 g/mol.